The quantitative estimate of drug-likeness (QED) is 0.665. The average molecular weight is 184 g/mol. The smallest absolute Gasteiger partial charge is 0.0874 e. The molecule has 0 aliphatic rings. The Hall–Kier alpha value is -0.300. The molecule has 0 saturated heterocycles. The standard InChI is InChI=1S/C12H24O/c1-7-8-9-10(2)12(6,13)11(3,4)5/h9,13H,7-8H2,1-6H3. The van der Waals surface area contributed by atoms with Crippen molar-refractivity contribution in [2.75, 3.05) is 0 Å². The maximum Gasteiger partial charge on any atom is 0.0874 e. The Morgan fingerprint density at radius 2 is 1.69 bits per heavy atom. The van der Waals surface area contributed by atoms with E-state index in [-0.39, 0.29) is 5.41 Å². The van der Waals surface area contributed by atoms with Gasteiger partial charge in [0.2, 0.25) is 0 Å². The van der Waals surface area contributed by atoms with Gasteiger partial charge in [0, 0.05) is 0 Å². The van der Waals surface area contributed by atoms with Gasteiger partial charge in [0.05, 0.1) is 5.60 Å². The molecule has 1 N–H and O–H groups in total. The molecule has 0 heterocycles. The molecule has 78 valence electrons. The molecule has 1 heteroatoms. The fraction of sp³-hybridized carbons (Fsp3) is 0.833. The Labute approximate surface area is 82.9 Å². The normalized spacial score (nSPS) is 18.5. The first kappa shape index (κ1) is 12.7. The van der Waals surface area contributed by atoms with Gasteiger partial charge in [-0.3, -0.25) is 0 Å². The lowest BCUT2D eigenvalue weighted by Crippen LogP contribution is -2.40. The van der Waals surface area contributed by atoms with E-state index < -0.39 is 5.60 Å². The van der Waals surface area contributed by atoms with Crippen LogP contribution in [-0.2, 0) is 0 Å². The number of aliphatic hydroxyl groups is 1. The zero-order chi connectivity index (χ0) is 10.7. The first-order chi connectivity index (χ1) is 5.73. The lowest BCUT2D eigenvalue weighted by Gasteiger charge is -2.38. The highest BCUT2D eigenvalue weighted by atomic mass is 16.3. The molecule has 0 bridgehead atoms. The summed E-state index contributed by atoms with van der Waals surface area (Å²) in [4.78, 5) is 0. The summed E-state index contributed by atoms with van der Waals surface area (Å²) < 4.78 is 0. The largest absolute Gasteiger partial charge is 0.385 e. The SMILES string of the molecule is CCCC=C(C)C(C)(O)C(C)(C)C. The van der Waals surface area contributed by atoms with Crippen molar-refractivity contribution in [2.45, 2.75) is 60.0 Å². The van der Waals surface area contributed by atoms with Crippen LogP contribution in [0.15, 0.2) is 11.6 Å². The summed E-state index contributed by atoms with van der Waals surface area (Å²) in [7, 11) is 0. The lowest BCUT2D eigenvalue weighted by atomic mass is 9.73. The van der Waals surface area contributed by atoms with E-state index in [1.807, 2.05) is 13.8 Å². The molecule has 0 amide bonds. The van der Waals surface area contributed by atoms with Crippen LogP contribution >= 0.6 is 0 Å². The molecular weight excluding hydrogens is 160 g/mol. The predicted octanol–water partition coefficient (Wildman–Crippen LogP) is 3.53. The summed E-state index contributed by atoms with van der Waals surface area (Å²) in [5.74, 6) is 0. The van der Waals surface area contributed by atoms with Crippen molar-refractivity contribution < 1.29 is 5.11 Å². The molecule has 1 unspecified atom stereocenters. The summed E-state index contributed by atoms with van der Waals surface area (Å²) in [5.41, 5.74) is 0.297. The van der Waals surface area contributed by atoms with E-state index in [9.17, 15) is 5.11 Å². The van der Waals surface area contributed by atoms with E-state index >= 15 is 0 Å². The van der Waals surface area contributed by atoms with Crippen LogP contribution in [-0.4, -0.2) is 10.7 Å². The molecule has 0 radical (unpaired) electrons. The Kier molecular flexibility index (Phi) is 4.18. The number of unbranched alkanes of at least 4 members (excludes halogenated alkanes) is 1. The van der Waals surface area contributed by atoms with Gasteiger partial charge < -0.3 is 5.11 Å². The van der Waals surface area contributed by atoms with Crippen LogP contribution < -0.4 is 0 Å². The van der Waals surface area contributed by atoms with Gasteiger partial charge in [-0.1, -0.05) is 40.2 Å². The average Bonchev–Trinajstić information content (AvgIpc) is 1.97. The molecule has 1 atom stereocenters. The third kappa shape index (κ3) is 3.15. The Bertz CT molecular complexity index is 182. The molecule has 0 rings (SSSR count). The van der Waals surface area contributed by atoms with E-state index in [0.717, 1.165) is 18.4 Å². The monoisotopic (exact) mass is 184 g/mol. The van der Waals surface area contributed by atoms with E-state index in [1.165, 1.54) is 0 Å². The van der Waals surface area contributed by atoms with Crippen LogP contribution in [0.4, 0.5) is 0 Å². The van der Waals surface area contributed by atoms with Crippen LogP contribution in [0, 0.1) is 5.41 Å². The maximum absolute atomic E-state index is 10.3. The lowest BCUT2D eigenvalue weighted by molar-refractivity contribution is -0.00749. The molecule has 0 saturated carbocycles. The van der Waals surface area contributed by atoms with Gasteiger partial charge in [-0.2, -0.15) is 0 Å². The number of hydrogen-bond donors (Lipinski definition) is 1. The molecule has 0 aromatic heterocycles. The van der Waals surface area contributed by atoms with E-state index in [4.69, 9.17) is 0 Å². The zero-order valence-corrected chi connectivity index (χ0v) is 9.94. The Morgan fingerprint density at radius 1 is 1.23 bits per heavy atom. The Morgan fingerprint density at radius 3 is 2.00 bits per heavy atom. The van der Waals surface area contributed by atoms with Crippen molar-refractivity contribution in [1.82, 2.24) is 0 Å². The number of allylic oxidation sites excluding steroid dienone is 1. The second kappa shape index (κ2) is 4.28. The summed E-state index contributed by atoms with van der Waals surface area (Å²) >= 11 is 0. The minimum Gasteiger partial charge on any atom is -0.385 e. The van der Waals surface area contributed by atoms with Crippen molar-refractivity contribution in [3.05, 3.63) is 11.6 Å². The van der Waals surface area contributed by atoms with Crippen LogP contribution in [0.2, 0.25) is 0 Å². The van der Waals surface area contributed by atoms with Crippen LogP contribution in [0.5, 0.6) is 0 Å². The molecule has 0 fully saturated rings. The molecule has 1 nitrogen and oxygen atoms in total. The van der Waals surface area contributed by atoms with Crippen LogP contribution in [0.1, 0.15) is 54.4 Å². The van der Waals surface area contributed by atoms with Crippen molar-refractivity contribution in [3.63, 3.8) is 0 Å². The molecule has 0 spiro atoms. The van der Waals surface area contributed by atoms with Gasteiger partial charge in [-0.15, -0.1) is 0 Å². The number of rotatable bonds is 3. The van der Waals surface area contributed by atoms with E-state index in [2.05, 4.69) is 33.8 Å². The van der Waals surface area contributed by atoms with Crippen molar-refractivity contribution in [1.29, 1.82) is 0 Å². The molecule has 0 aromatic rings. The van der Waals surface area contributed by atoms with Gasteiger partial charge in [-0.25, -0.2) is 0 Å². The van der Waals surface area contributed by atoms with Gasteiger partial charge in [0.15, 0.2) is 0 Å². The van der Waals surface area contributed by atoms with Gasteiger partial charge in [0.1, 0.15) is 0 Å². The van der Waals surface area contributed by atoms with Gasteiger partial charge in [0.25, 0.3) is 0 Å². The van der Waals surface area contributed by atoms with Crippen LogP contribution in [0.25, 0.3) is 0 Å². The second-order valence-electron chi connectivity index (χ2n) is 5.00. The van der Waals surface area contributed by atoms with Gasteiger partial charge in [-0.05, 0) is 31.3 Å². The number of hydrogen-bond acceptors (Lipinski definition) is 1. The molecular formula is C12H24O. The minimum atomic E-state index is -0.692. The third-order valence-electron chi connectivity index (χ3n) is 2.97. The highest BCUT2D eigenvalue weighted by Crippen LogP contribution is 2.35. The zero-order valence-electron chi connectivity index (χ0n) is 9.94. The predicted molar refractivity (Wildman–Crippen MR) is 58.7 cm³/mol. The van der Waals surface area contributed by atoms with Crippen LogP contribution in [0.3, 0.4) is 0 Å². The third-order valence-corrected chi connectivity index (χ3v) is 2.97. The molecule has 0 aromatic carbocycles. The topological polar surface area (TPSA) is 20.2 Å². The fourth-order valence-corrected chi connectivity index (χ4v) is 1.15. The van der Waals surface area contributed by atoms with Gasteiger partial charge >= 0.3 is 0 Å². The first-order valence-corrected chi connectivity index (χ1v) is 5.13. The van der Waals surface area contributed by atoms with Crippen molar-refractivity contribution in [2.24, 2.45) is 5.41 Å². The van der Waals surface area contributed by atoms with Crippen molar-refractivity contribution in [3.8, 4) is 0 Å². The highest BCUT2D eigenvalue weighted by molar-refractivity contribution is 5.16. The summed E-state index contributed by atoms with van der Waals surface area (Å²) in [6.45, 7) is 12.3. The minimum absolute atomic E-state index is 0.0959. The first-order valence-electron chi connectivity index (χ1n) is 5.13. The Balaban J connectivity index is 4.63. The summed E-state index contributed by atoms with van der Waals surface area (Å²) in [5, 5.41) is 10.3. The van der Waals surface area contributed by atoms with E-state index in [1.54, 1.807) is 0 Å². The van der Waals surface area contributed by atoms with E-state index in [0.29, 0.717) is 0 Å². The molecule has 0 aliphatic carbocycles. The van der Waals surface area contributed by atoms with Crippen molar-refractivity contribution >= 4 is 0 Å². The maximum atomic E-state index is 10.3. The summed E-state index contributed by atoms with van der Waals surface area (Å²) in [6, 6.07) is 0. The summed E-state index contributed by atoms with van der Waals surface area (Å²) in [6.07, 6.45) is 4.33. The molecule has 0 aliphatic heterocycles. The second-order valence-corrected chi connectivity index (χ2v) is 5.00. The molecule has 13 heavy (non-hydrogen) atoms. The highest BCUT2D eigenvalue weighted by Gasteiger charge is 2.36. The fourth-order valence-electron chi connectivity index (χ4n) is 1.15.